The van der Waals surface area contributed by atoms with Crippen LogP contribution in [0.2, 0.25) is 0 Å². The summed E-state index contributed by atoms with van der Waals surface area (Å²) in [6.07, 6.45) is 4.47. The summed E-state index contributed by atoms with van der Waals surface area (Å²) in [7, 11) is 0. The molecule has 0 aromatic rings. The lowest BCUT2D eigenvalue weighted by Crippen LogP contribution is -2.06. The SMILES string of the molecule is C=C/C=C\N=C(C)C(=O)O.CC. The van der Waals surface area contributed by atoms with Gasteiger partial charge in [-0.2, -0.15) is 0 Å². The number of hydrogen-bond acceptors (Lipinski definition) is 2. The van der Waals surface area contributed by atoms with E-state index in [1.807, 2.05) is 13.8 Å². The van der Waals surface area contributed by atoms with Gasteiger partial charge in [-0.25, -0.2) is 4.79 Å². The van der Waals surface area contributed by atoms with E-state index in [0.29, 0.717) is 0 Å². The molecule has 0 radical (unpaired) electrons. The third-order valence-corrected chi connectivity index (χ3v) is 0.800. The van der Waals surface area contributed by atoms with Crippen LogP contribution in [-0.4, -0.2) is 16.8 Å². The van der Waals surface area contributed by atoms with Gasteiger partial charge in [0.1, 0.15) is 5.71 Å². The number of nitrogens with zero attached hydrogens (tertiary/aromatic N) is 1. The van der Waals surface area contributed by atoms with Crippen molar-refractivity contribution in [3.63, 3.8) is 0 Å². The number of rotatable bonds is 3. The third-order valence-electron chi connectivity index (χ3n) is 0.800. The molecule has 1 N–H and O–H groups in total. The molecule has 0 aromatic heterocycles. The molecule has 0 heterocycles. The second-order valence-electron chi connectivity index (χ2n) is 1.60. The lowest BCUT2D eigenvalue weighted by atomic mass is 10.4. The average molecular weight is 169 g/mol. The highest BCUT2D eigenvalue weighted by atomic mass is 16.4. The molecule has 3 nitrogen and oxygen atoms in total. The predicted molar refractivity (Wildman–Crippen MR) is 51.4 cm³/mol. The Morgan fingerprint density at radius 1 is 1.50 bits per heavy atom. The monoisotopic (exact) mass is 169 g/mol. The van der Waals surface area contributed by atoms with Crippen LogP contribution < -0.4 is 0 Å². The summed E-state index contributed by atoms with van der Waals surface area (Å²) in [4.78, 5) is 13.7. The highest BCUT2D eigenvalue weighted by molar-refractivity contribution is 6.34. The average Bonchev–Trinajstić information content (AvgIpc) is 2.08. The smallest absolute Gasteiger partial charge is 0.349 e. The van der Waals surface area contributed by atoms with Crippen LogP contribution in [0.5, 0.6) is 0 Å². The number of carbonyl (C=O) groups is 1. The first-order valence-corrected chi connectivity index (χ1v) is 3.73. The summed E-state index contributed by atoms with van der Waals surface area (Å²) in [5, 5.41) is 8.29. The standard InChI is InChI=1S/C7H9NO2.C2H6/c1-3-4-5-8-6(2)7(9)10;1-2/h3-5H,1H2,2H3,(H,9,10);1-2H3/b5-4-,8-6?;. The number of aliphatic carboxylic acids is 1. The van der Waals surface area contributed by atoms with E-state index >= 15 is 0 Å². The topological polar surface area (TPSA) is 49.7 Å². The summed E-state index contributed by atoms with van der Waals surface area (Å²) in [6.45, 7) is 8.83. The summed E-state index contributed by atoms with van der Waals surface area (Å²) in [5.74, 6) is -1.01. The fraction of sp³-hybridized carbons (Fsp3) is 0.333. The lowest BCUT2D eigenvalue weighted by molar-refractivity contribution is -0.129. The Morgan fingerprint density at radius 2 is 2.00 bits per heavy atom. The zero-order chi connectivity index (χ0) is 9.98. The molecule has 0 aromatic carbocycles. The Hall–Kier alpha value is -1.38. The van der Waals surface area contributed by atoms with Crippen molar-refractivity contribution in [1.82, 2.24) is 0 Å². The van der Waals surface area contributed by atoms with Crippen molar-refractivity contribution in [3.8, 4) is 0 Å². The minimum absolute atomic E-state index is 0.0677. The van der Waals surface area contributed by atoms with Crippen molar-refractivity contribution in [2.45, 2.75) is 20.8 Å². The Bertz CT molecular complexity index is 193. The molecule has 0 spiro atoms. The van der Waals surface area contributed by atoms with Gasteiger partial charge < -0.3 is 5.11 Å². The maximum atomic E-state index is 10.1. The maximum absolute atomic E-state index is 10.1. The predicted octanol–water partition coefficient (Wildman–Crippen LogP) is 2.26. The molecular formula is C9H15NO2. The molecule has 0 saturated heterocycles. The van der Waals surface area contributed by atoms with Gasteiger partial charge >= 0.3 is 5.97 Å². The van der Waals surface area contributed by atoms with Gasteiger partial charge in [-0.3, -0.25) is 4.99 Å². The molecule has 0 amide bonds. The van der Waals surface area contributed by atoms with Crippen molar-refractivity contribution in [3.05, 3.63) is 24.9 Å². The fourth-order valence-corrected chi connectivity index (χ4v) is 0.271. The largest absolute Gasteiger partial charge is 0.477 e. The minimum Gasteiger partial charge on any atom is -0.477 e. The second-order valence-corrected chi connectivity index (χ2v) is 1.60. The molecule has 68 valence electrons. The van der Waals surface area contributed by atoms with Crippen LogP contribution in [0.15, 0.2) is 29.9 Å². The van der Waals surface area contributed by atoms with E-state index in [-0.39, 0.29) is 5.71 Å². The number of hydrogen-bond donors (Lipinski definition) is 1. The highest BCUT2D eigenvalue weighted by Gasteiger charge is 1.97. The van der Waals surface area contributed by atoms with Gasteiger partial charge in [-0.05, 0) is 13.0 Å². The maximum Gasteiger partial charge on any atom is 0.349 e. The van der Waals surface area contributed by atoms with Crippen LogP contribution >= 0.6 is 0 Å². The zero-order valence-electron chi connectivity index (χ0n) is 7.74. The van der Waals surface area contributed by atoms with E-state index in [2.05, 4.69) is 11.6 Å². The molecule has 3 heteroatoms. The van der Waals surface area contributed by atoms with Gasteiger partial charge in [0.25, 0.3) is 0 Å². The van der Waals surface area contributed by atoms with Gasteiger partial charge in [-0.1, -0.05) is 26.5 Å². The van der Waals surface area contributed by atoms with Gasteiger partial charge in [0, 0.05) is 6.20 Å². The lowest BCUT2D eigenvalue weighted by Gasteiger charge is -1.85. The van der Waals surface area contributed by atoms with Gasteiger partial charge in [0.15, 0.2) is 0 Å². The summed E-state index contributed by atoms with van der Waals surface area (Å²) >= 11 is 0. The molecular weight excluding hydrogens is 154 g/mol. The summed E-state index contributed by atoms with van der Waals surface area (Å²) in [6, 6.07) is 0. The first-order chi connectivity index (χ1) is 5.68. The molecule has 0 aliphatic rings. The van der Waals surface area contributed by atoms with Crippen LogP contribution in [0, 0.1) is 0 Å². The second kappa shape index (κ2) is 9.62. The van der Waals surface area contributed by atoms with Crippen LogP contribution in [-0.2, 0) is 4.79 Å². The van der Waals surface area contributed by atoms with E-state index in [1.54, 1.807) is 6.08 Å². The highest BCUT2D eigenvalue weighted by Crippen LogP contribution is 1.80. The Kier molecular flexibility index (Phi) is 10.6. The van der Waals surface area contributed by atoms with Crippen LogP contribution in [0.25, 0.3) is 0 Å². The van der Waals surface area contributed by atoms with Crippen LogP contribution in [0.4, 0.5) is 0 Å². The third kappa shape index (κ3) is 8.62. The van der Waals surface area contributed by atoms with Crippen molar-refractivity contribution in [2.24, 2.45) is 4.99 Å². The number of allylic oxidation sites excluding steroid dienone is 2. The van der Waals surface area contributed by atoms with E-state index in [1.165, 1.54) is 19.2 Å². The van der Waals surface area contributed by atoms with Crippen molar-refractivity contribution in [2.75, 3.05) is 0 Å². The minimum atomic E-state index is -1.01. The first kappa shape index (κ1) is 13.2. The van der Waals surface area contributed by atoms with E-state index in [9.17, 15) is 4.79 Å². The zero-order valence-corrected chi connectivity index (χ0v) is 7.74. The normalized spacial score (nSPS) is 10.4. The molecule has 0 bridgehead atoms. The summed E-state index contributed by atoms with van der Waals surface area (Å²) in [5.41, 5.74) is 0.0677. The molecule has 0 saturated carbocycles. The van der Waals surface area contributed by atoms with Gasteiger partial charge in [0.2, 0.25) is 0 Å². The van der Waals surface area contributed by atoms with Gasteiger partial charge in [0.05, 0.1) is 0 Å². The first-order valence-electron chi connectivity index (χ1n) is 3.73. The molecule has 0 atom stereocenters. The Morgan fingerprint density at radius 3 is 2.33 bits per heavy atom. The number of carboxylic acids is 1. The Labute approximate surface area is 73.1 Å². The van der Waals surface area contributed by atoms with Crippen LogP contribution in [0.3, 0.4) is 0 Å². The van der Waals surface area contributed by atoms with Crippen molar-refractivity contribution < 1.29 is 9.90 Å². The van der Waals surface area contributed by atoms with E-state index in [4.69, 9.17) is 5.11 Å². The fourth-order valence-electron chi connectivity index (χ4n) is 0.271. The molecule has 0 fully saturated rings. The number of aliphatic imine (C=N–C) groups is 1. The molecule has 0 aliphatic carbocycles. The quantitative estimate of drug-likeness (QED) is 0.520. The van der Waals surface area contributed by atoms with Gasteiger partial charge in [-0.15, -0.1) is 0 Å². The molecule has 0 rings (SSSR count). The van der Waals surface area contributed by atoms with Crippen molar-refractivity contribution in [1.29, 1.82) is 0 Å². The number of carboxylic acid groups (broad SMARTS) is 1. The van der Waals surface area contributed by atoms with E-state index in [0.717, 1.165) is 0 Å². The molecule has 12 heavy (non-hydrogen) atoms. The summed E-state index contributed by atoms with van der Waals surface area (Å²) < 4.78 is 0. The van der Waals surface area contributed by atoms with Crippen molar-refractivity contribution >= 4 is 11.7 Å². The van der Waals surface area contributed by atoms with Crippen LogP contribution in [0.1, 0.15) is 20.8 Å². The molecule has 0 aliphatic heterocycles. The molecule has 0 unspecified atom stereocenters. The Balaban J connectivity index is 0. The van der Waals surface area contributed by atoms with E-state index < -0.39 is 5.97 Å².